The van der Waals surface area contributed by atoms with Gasteiger partial charge in [0.25, 0.3) is 0 Å². The van der Waals surface area contributed by atoms with Gasteiger partial charge < -0.3 is 9.67 Å². The molecule has 1 unspecified atom stereocenters. The highest BCUT2D eigenvalue weighted by Crippen LogP contribution is 2.22. The third-order valence-corrected chi connectivity index (χ3v) is 3.17. The number of rotatable bonds is 4. The van der Waals surface area contributed by atoms with Crippen molar-refractivity contribution in [1.29, 1.82) is 0 Å². The smallest absolute Gasteiger partial charge is 0.352 e. The maximum atomic E-state index is 11.4. The van der Waals surface area contributed by atoms with Crippen LogP contribution in [0.4, 0.5) is 0 Å². The molecule has 4 nitrogen and oxygen atoms in total. The number of hydrogen-bond donors (Lipinski definition) is 1. The van der Waals surface area contributed by atoms with E-state index in [-0.39, 0.29) is 17.5 Å². The van der Waals surface area contributed by atoms with Gasteiger partial charge in [-0.2, -0.15) is 0 Å². The summed E-state index contributed by atoms with van der Waals surface area (Å²) in [6, 6.07) is 10.9. The van der Waals surface area contributed by atoms with E-state index < -0.39 is 5.97 Å². The Kier molecular flexibility index (Phi) is 3.51. The van der Waals surface area contributed by atoms with Crippen molar-refractivity contribution in [2.24, 2.45) is 0 Å². The fourth-order valence-corrected chi connectivity index (χ4v) is 2.06. The van der Waals surface area contributed by atoms with Crippen LogP contribution in [-0.2, 0) is 0 Å². The van der Waals surface area contributed by atoms with E-state index in [0.29, 0.717) is 5.56 Å². The first-order valence-corrected chi connectivity index (χ1v) is 6.01. The molecule has 4 heteroatoms. The quantitative estimate of drug-likeness (QED) is 0.856. The third kappa shape index (κ3) is 2.57. The predicted octanol–water partition coefficient (Wildman–Crippen LogP) is 3.00. The molecule has 1 heterocycles. The first kappa shape index (κ1) is 13.1. The van der Waals surface area contributed by atoms with Crippen LogP contribution in [-0.4, -0.2) is 21.4 Å². The molecule has 0 bridgehead atoms. The number of carboxylic acid groups (broad SMARTS) is 1. The molecule has 98 valence electrons. The maximum Gasteiger partial charge on any atom is 0.352 e. The van der Waals surface area contributed by atoms with E-state index in [0.717, 1.165) is 5.56 Å². The number of carbonyl (C=O) groups is 2. The van der Waals surface area contributed by atoms with Crippen LogP contribution in [0.5, 0.6) is 0 Å². The second kappa shape index (κ2) is 5.10. The molecule has 1 aromatic heterocycles. The number of ketones is 1. The molecule has 0 saturated carbocycles. The van der Waals surface area contributed by atoms with Crippen LogP contribution in [0.3, 0.4) is 0 Å². The molecule has 19 heavy (non-hydrogen) atoms. The minimum absolute atomic E-state index is 0.126. The zero-order chi connectivity index (χ0) is 14.0. The molecule has 0 aliphatic carbocycles. The van der Waals surface area contributed by atoms with E-state index in [2.05, 4.69) is 0 Å². The van der Waals surface area contributed by atoms with Gasteiger partial charge in [0.2, 0.25) is 0 Å². The van der Waals surface area contributed by atoms with Gasteiger partial charge in [0.05, 0.1) is 6.04 Å². The minimum atomic E-state index is -1.03. The fourth-order valence-electron chi connectivity index (χ4n) is 2.06. The van der Waals surface area contributed by atoms with Gasteiger partial charge in [-0.1, -0.05) is 30.3 Å². The van der Waals surface area contributed by atoms with Crippen LogP contribution in [0.25, 0.3) is 0 Å². The molecule has 2 aromatic rings. The normalized spacial score (nSPS) is 12.1. The fraction of sp³-hybridized carbons (Fsp3) is 0.200. The van der Waals surface area contributed by atoms with Gasteiger partial charge in [-0.25, -0.2) is 4.79 Å². The molecule has 0 spiro atoms. The lowest BCUT2D eigenvalue weighted by Crippen LogP contribution is -2.12. The number of Topliss-reactive ketones (excluding diaryl/α,β-unsaturated/α-hetero) is 1. The van der Waals surface area contributed by atoms with E-state index in [1.54, 1.807) is 10.8 Å². The van der Waals surface area contributed by atoms with Crippen molar-refractivity contribution in [2.45, 2.75) is 19.9 Å². The SMILES string of the molecule is CC(=O)c1cc(C(=O)O)n(C(C)c2ccccc2)c1. The van der Waals surface area contributed by atoms with E-state index in [4.69, 9.17) is 0 Å². The van der Waals surface area contributed by atoms with Crippen LogP contribution >= 0.6 is 0 Å². The van der Waals surface area contributed by atoms with Gasteiger partial charge in [-0.05, 0) is 25.5 Å². The van der Waals surface area contributed by atoms with Gasteiger partial charge in [-0.15, -0.1) is 0 Å². The van der Waals surface area contributed by atoms with Gasteiger partial charge in [0.15, 0.2) is 5.78 Å². The van der Waals surface area contributed by atoms with Crippen molar-refractivity contribution in [1.82, 2.24) is 4.57 Å². The van der Waals surface area contributed by atoms with Crippen molar-refractivity contribution >= 4 is 11.8 Å². The minimum Gasteiger partial charge on any atom is -0.477 e. The summed E-state index contributed by atoms with van der Waals surface area (Å²) in [6.07, 6.45) is 1.60. The van der Waals surface area contributed by atoms with Gasteiger partial charge in [0, 0.05) is 11.8 Å². The summed E-state index contributed by atoms with van der Waals surface area (Å²) in [7, 11) is 0. The molecular formula is C15H15NO3. The Bertz CT molecular complexity index is 614. The standard InChI is InChI=1S/C15H15NO3/c1-10(12-6-4-3-5-7-12)16-9-13(11(2)17)8-14(16)15(18)19/h3-10H,1-2H3,(H,18,19). The summed E-state index contributed by atoms with van der Waals surface area (Å²) >= 11 is 0. The molecule has 1 aromatic carbocycles. The van der Waals surface area contributed by atoms with E-state index in [9.17, 15) is 14.7 Å². The number of aromatic nitrogens is 1. The highest BCUT2D eigenvalue weighted by molar-refractivity contribution is 5.97. The number of hydrogen-bond acceptors (Lipinski definition) is 2. The largest absolute Gasteiger partial charge is 0.477 e. The summed E-state index contributed by atoms with van der Waals surface area (Å²) in [5, 5.41) is 9.22. The molecule has 0 fully saturated rings. The number of carboxylic acids is 1. The number of nitrogens with zero attached hydrogens (tertiary/aromatic N) is 1. The molecule has 2 rings (SSSR count). The predicted molar refractivity (Wildman–Crippen MR) is 71.7 cm³/mol. The highest BCUT2D eigenvalue weighted by atomic mass is 16.4. The molecule has 0 aliphatic rings. The lowest BCUT2D eigenvalue weighted by Gasteiger charge is -2.16. The Morgan fingerprint density at radius 2 is 1.84 bits per heavy atom. The van der Waals surface area contributed by atoms with Crippen molar-refractivity contribution in [3.05, 3.63) is 59.4 Å². The first-order valence-electron chi connectivity index (χ1n) is 6.01. The first-order chi connectivity index (χ1) is 9.00. The zero-order valence-electron chi connectivity index (χ0n) is 10.8. The summed E-state index contributed by atoms with van der Waals surface area (Å²) in [5.74, 6) is -1.17. The lowest BCUT2D eigenvalue weighted by atomic mass is 10.1. The molecular weight excluding hydrogens is 242 g/mol. The van der Waals surface area contributed by atoms with Gasteiger partial charge in [-0.3, -0.25) is 4.79 Å². The van der Waals surface area contributed by atoms with E-state index in [1.807, 2.05) is 37.3 Å². The van der Waals surface area contributed by atoms with E-state index >= 15 is 0 Å². The number of benzene rings is 1. The second-order valence-electron chi connectivity index (χ2n) is 4.47. The van der Waals surface area contributed by atoms with Crippen LogP contribution in [0, 0.1) is 0 Å². The summed E-state index contributed by atoms with van der Waals surface area (Å²) in [6.45, 7) is 3.34. The Balaban J connectivity index is 2.49. The topological polar surface area (TPSA) is 59.3 Å². The Hall–Kier alpha value is -2.36. The van der Waals surface area contributed by atoms with Gasteiger partial charge in [0.1, 0.15) is 5.69 Å². The average molecular weight is 257 g/mol. The Labute approximate surface area is 111 Å². The molecule has 0 amide bonds. The van der Waals surface area contributed by atoms with Crippen molar-refractivity contribution < 1.29 is 14.7 Å². The third-order valence-electron chi connectivity index (χ3n) is 3.17. The van der Waals surface area contributed by atoms with Crippen LogP contribution in [0.15, 0.2) is 42.6 Å². The lowest BCUT2D eigenvalue weighted by molar-refractivity contribution is 0.0684. The van der Waals surface area contributed by atoms with Crippen molar-refractivity contribution in [2.75, 3.05) is 0 Å². The monoisotopic (exact) mass is 257 g/mol. The molecule has 0 saturated heterocycles. The average Bonchev–Trinajstić information content (AvgIpc) is 2.84. The van der Waals surface area contributed by atoms with Crippen LogP contribution in [0.1, 0.15) is 46.3 Å². The molecule has 0 radical (unpaired) electrons. The Morgan fingerprint density at radius 3 is 2.37 bits per heavy atom. The molecule has 1 atom stereocenters. The zero-order valence-corrected chi connectivity index (χ0v) is 10.8. The van der Waals surface area contributed by atoms with Crippen molar-refractivity contribution in [3.8, 4) is 0 Å². The number of carbonyl (C=O) groups excluding carboxylic acids is 1. The van der Waals surface area contributed by atoms with Gasteiger partial charge >= 0.3 is 5.97 Å². The van der Waals surface area contributed by atoms with Crippen LogP contribution in [0.2, 0.25) is 0 Å². The maximum absolute atomic E-state index is 11.4. The molecule has 1 N–H and O–H groups in total. The number of aromatic carboxylic acids is 1. The summed E-state index contributed by atoms with van der Waals surface area (Å²) in [5.41, 5.74) is 1.54. The molecule has 0 aliphatic heterocycles. The highest BCUT2D eigenvalue weighted by Gasteiger charge is 2.19. The summed E-state index contributed by atoms with van der Waals surface area (Å²) in [4.78, 5) is 22.6. The van der Waals surface area contributed by atoms with Crippen molar-refractivity contribution in [3.63, 3.8) is 0 Å². The van der Waals surface area contributed by atoms with E-state index in [1.165, 1.54) is 13.0 Å². The Morgan fingerprint density at radius 1 is 1.21 bits per heavy atom. The second-order valence-corrected chi connectivity index (χ2v) is 4.47. The summed E-state index contributed by atoms with van der Waals surface area (Å²) < 4.78 is 1.62. The van der Waals surface area contributed by atoms with Crippen LogP contribution < -0.4 is 0 Å².